The van der Waals surface area contributed by atoms with Gasteiger partial charge in [-0.25, -0.2) is 0 Å². The third-order valence-electron chi connectivity index (χ3n) is 3.55. The van der Waals surface area contributed by atoms with Crippen molar-refractivity contribution in [1.82, 2.24) is 0 Å². The Balaban J connectivity index is 2.70. The fourth-order valence-electron chi connectivity index (χ4n) is 2.57. The first-order chi connectivity index (χ1) is 8.97. The number of ketones is 3. The number of nitrogens with zero attached hydrogens (tertiary/aromatic N) is 1. The van der Waals surface area contributed by atoms with Crippen LogP contribution in [0.1, 0.15) is 52.1 Å². The topological polar surface area (TPSA) is 75.0 Å². The predicted molar refractivity (Wildman–Crippen MR) is 68.0 cm³/mol. The molecule has 0 saturated heterocycles. The van der Waals surface area contributed by atoms with Crippen LogP contribution >= 0.6 is 0 Å². The molecule has 1 aromatic carbocycles. The first-order valence-electron chi connectivity index (χ1n) is 6.09. The average Bonchev–Trinajstić information content (AvgIpc) is 2.37. The molecule has 0 bridgehead atoms. The Labute approximate surface area is 111 Å². The maximum absolute atomic E-state index is 12.4. The van der Waals surface area contributed by atoms with Crippen molar-refractivity contribution in [3.8, 4) is 6.07 Å². The van der Waals surface area contributed by atoms with E-state index in [-0.39, 0.29) is 22.9 Å². The van der Waals surface area contributed by atoms with E-state index in [9.17, 15) is 14.4 Å². The molecule has 1 aliphatic rings. The highest BCUT2D eigenvalue weighted by molar-refractivity contribution is 6.16. The molecule has 1 aromatic rings. The molecule has 0 radical (unpaired) electrons. The molecule has 0 spiro atoms. The monoisotopic (exact) mass is 255 g/mol. The van der Waals surface area contributed by atoms with Crippen LogP contribution < -0.4 is 0 Å². The number of hydrogen-bond acceptors (Lipinski definition) is 4. The molecular formula is C15H13NO3. The van der Waals surface area contributed by atoms with Gasteiger partial charge < -0.3 is 0 Å². The first-order valence-corrected chi connectivity index (χ1v) is 6.09. The molecule has 1 aliphatic carbocycles. The minimum atomic E-state index is -0.681. The third-order valence-corrected chi connectivity index (χ3v) is 3.55. The van der Waals surface area contributed by atoms with Crippen LogP contribution in [0.3, 0.4) is 0 Å². The van der Waals surface area contributed by atoms with Gasteiger partial charge in [0.25, 0.3) is 0 Å². The van der Waals surface area contributed by atoms with E-state index < -0.39 is 5.92 Å². The van der Waals surface area contributed by atoms with Gasteiger partial charge in [-0.1, -0.05) is 0 Å². The van der Waals surface area contributed by atoms with Gasteiger partial charge in [0.2, 0.25) is 0 Å². The number of carbonyl (C=O) groups excluding carboxylic acids is 3. The van der Waals surface area contributed by atoms with E-state index in [0.717, 1.165) is 0 Å². The molecule has 0 saturated carbocycles. The Morgan fingerprint density at radius 1 is 1.32 bits per heavy atom. The largest absolute Gasteiger partial charge is 0.299 e. The maximum Gasteiger partial charge on any atom is 0.174 e. The highest BCUT2D eigenvalue weighted by atomic mass is 16.2. The molecule has 1 atom stereocenters. The van der Waals surface area contributed by atoms with Crippen LogP contribution in [0.5, 0.6) is 0 Å². The lowest BCUT2D eigenvalue weighted by Crippen LogP contribution is -2.30. The zero-order valence-corrected chi connectivity index (χ0v) is 10.8. The van der Waals surface area contributed by atoms with Crippen molar-refractivity contribution in [3.05, 3.63) is 34.4 Å². The fourth-order valence-corrected chi connectivity index (χ4v) is 2.57. The van der Waals surface area contributed by atoms with E-state index in [0.29, 0.717) is 29.5 Å². The standard InChI is InChI=1S/C15H13NO3/c1-8(17)11-4-3-10(7-16)13-6-5-12(9(2)18)15(19)14(11)13/h3-4,12H,5-6H2,1-2H3. The third kappa shape index (κ3) is 2.08. The number of carbonyl (C=O) groups is 3. The molecule has 0 N–H and O–H groups in total. The number of hydrogen-bond donors (Lipinski definition) is 0. The van der Waals surface area contributed by atoms with Crippen LogP contribution in [0.2, 0.25) is 0 Å². The van der Waals surface area contributed by atoms with Gasteiger partial charge in [0.15, 0.2) is 11.6 Å². The quantitative estimate of drug-likeness (QED) is 0.599. The molecule has 96 valence electrons. The van der Waals surface area contributed by atoms with E-state index in [1.54, 1.807) is 6.07 Å². The van der Waals surface area contributed by atoms with Crippen LogP contribution in [-0.2, 0) is 11.2 Å². The van der Waals surface area contributed by atoms with Gasteiger partial charge in [0, 0.05) is 11.1 Å². The molecular weight excluding hydrogens is 242 g/mol. The predicted octanol–water partition coefficient (Wildman–Crippen LogP) is 2.09. The molecule has 4 heteroatoms. The molecule has 19 heavy (non-hydrogen) atoms. The van der Waals surface area contributed by atoms with Crippen LogP contribution in [0.25, 0.3) is 0 Å². The lowest BCUT2D eigenvalue weighted by atomic mass is 9.77. The molecule has 1 unspecified atom stereocenters. The summed E-state index contributed by atoms with van der Waals surface area (Å²) in [5.74, 6) is -1.42. The molecule has 0 fully saturated rings. The van der Waals surface area contributed by atoms with Crippen molar-refractivity contribution in [3.63, 3.8) is 0 Å². The SMILES string of the molecule is CC(=O)c1ccc(C#N)c2c1C(=O)C(C(C)=O)CC2. The van der Waals surface area contributed by atoms with Gasteiger partial charge >= 0.3 is 0 Å². The van der Waals surface area contributed by atoms with Crippen LogP contribution in [0.15, 0.2) is 12.1 Å². The smallest absolute Gasteiger partial charge is 0.174 e. The van der Waals surface area contributed by atoms with Gasteiger partial charge in [0.05, 0.1) is 17.6 Å². The lowest BCUT2D eigenvalue weighted by molar-refractivity contribution is -0.119. The van der Waals surface area contributed by atoms with Crippen molar-refractivity contribution in [1.29, 1.82) is 5.26 Å². The number of Topliss-reactive ketones (excluding diaryl/α,β-unsaturated/α-hetero) is 3. The molecule has 0 aromatic heterocycles. The van der Waals surface area contributed by atoms with E-state index in [1.165, 1.54) is 19.9 Å². The van der Waals surface area contributed by atoms with Crippen molar-refractivity contribution < 1.29 is 14.4 Å². The summed E-state index contributed by atoms with van der Waals surface area (Å²) in [6, 6.07) is 5.10. The Kier molecular flexibility index (Phi) is 3.30. The van der Waals surface area contributed by atoms with Crippen molar-refractivity contribution in [2.75, 3.05) is 0 Å². The summed E-state index contributed by atoms with van der Waals surface area (Å²) in [4.78, 5) is 35.5. The molecule has 4 nitrogen and oxygen atoms in total. The number of rotatable bonds is 2. The Morgan fingerprint density at radius 2 is 2.00 bits per heavy atom. The highest BCUT2D eigenvalue weighted by Gasteiger charge is 2.34. The summed E-state index contributed by atoms with van der Waals surface area (Å²) in [6.07, 6.45) is 0.895. The summed E-state index contributed by atoms with van der Waals surface area (Å²) < 4.78 is 0. The van der Waals surface area contributed by atoms with E-state index in [4.69, 9.17) is 5.26 Å². The fraction of sp³-hybridized carbons (Fsp3) is 0.333. The number of benzene rings is 1. The zero-order chi connectivity index (χ0) is 14.2. The maximum atomic E-state index is 12.4. The van der Waals surface area contributed by atoms with Gasteiger partial charge in [-0.15, -0.1) is 0 Å². The van der Waals surface area contributed by atoms with Crippen LogP contribution in [0, 0.1) is 17.2 Å². The second-order valence-corrected chi connectivity index (χ2v) is 4.75. The lowest BCUT2D eigenvalue weighted by Gasteiger charge is -2.24. The Morgan fingerprint density at radius 3 is 2.53 bits per heavy atom. The normalized spacial score (nSPS) is 17.5. The van der Waals surface area contributed by atoms with Crippen molar-refractivity contribution in [2.45, 2.75) is 26.7 Å². The van der Waals surface area contributed by atoms with Gasteiger partial charge in [-0.3, -0.25) is 14.4 Å². The summed E-state index contributed by atoms with van der Waals surface area (Å²) in [6.45, 7) is 2.77. The molecule has 0 heterocycles. The molecule has 2 rings (SSSR count). The second kappa shape index (κ2) is 4.77. The van der Waals surface area contributed by atoms with Crippen LogP contribution in [0.4, 0.5) is 0 Å². The zero-order valence-electron chi connectivity index (χ0n) is 10.8. The summed E-state index contributed by atoms with van der Waals surface area (Å²) >= 11 is 0. The molecule has 0 amide bonds. The van der Waals surface area contributed by atoms with Crippen molar-refractivity contribution in [2.24, 2.45) is 5.92 Å². The van der Waals surface area contributed by atoms with Crippen molar-refractivity contribution >= 4 is 17.3 Å². The average molecular weight is 255 g/mol. The second-order valence-electron chi connectivity index (χ2n) is 4.75. The minimum Gasteiger partial charge on any atom is -0.299 e. The minimum absolute atomic E-state index is 0.187. The van der Waals surface area contributed by atoms with Gasteiger partial charge in [-0.05, 0) is 44.4 Å². The van der Waals surface area contributed by atoms with E-state index >= 15 is 0 Å². The summed E-state index contributed by atoms with van der Waals surface area (Å²) in [5.41, 5.74) is 1.61. The first kappa shape index (κ1) is 13.2. The summed E-state index contributed by atoms with van der Waals surface area (Å²) in [7, 11) is 0. The Bertz CT molecular complexity index is 638. The number of nitriles is 1. The highest BCUT2D eigenvalue weighted by Crippen LogP contribution is 2.31. The summed E-state index contributed by atoms with van der Waals surface area (Å²) in [5, 5.41) is 9.07. The van der Waals surface area contributed by atoms with E-state index in [1.807, 2.05) is 6.07 Å². The van der Waals surface area contributed by atoms with Gasteiger partial charge in [0.1, 0.15) is 5.78 Å². The Hall–Kier alpha value is -2.28. The van der Waals surface area contributed by atoms with Gasteiger partial charge in [-0.2, -0.15) is 5.26 Å². The van der Waals surface area contributed by atoms with E-state index in [2.05, 4.69) is 0 Å². The number of fused-ring (bicyclic) bond motifs is 1. The van der Waals surface area contributed by atoms with Crippen LogP contribution in [-0.4, -0.2) is 17.3 Å². The molecule has 0 aliphatic heterocycles.